The molecule has 0 aliphatic rings. The van der Waals surface area contributed by atoms with E-state index in [1.165, 1.54) is 12.3 Å². The van der Waals surface area contributed by atoms with Gasteiger partial charge in [0.15, 0.2) is 0 Å². The molecular weight excluding hydrogens is 310 g/mol. The van der Waals surface area contributed by atoms with E-state index < -0.39 is 10.0 Å². The van der Waals surface area contributed by atoms with Crippen molar-refractivity contribution >= 4 is 27.4 Å². The first-order valence-electron chi connectivity index (χ1n) is 7.27. The van der Waals surface area contributed by atoms with Gasteiger partial charge in [0.25, 0.3) is 0 Å². The maximum Gasteiger partial charge on any atom is 0.242 e. The maximum atomic E-state index is 12.4. The predicted molar refractivity (Wildman–Crippen MR) is 87.3 cm³/mol. The van der Waals surface area contributed by atoms with Crippen molar-refractivity contribution in [2.45, 2.75) is 51.5 Å². The molecule has 0 aromatic carbocycles. The second-order valence-electron chi connectivity index (χ2n) is 5.02. The number of anilines is 1. The lowest BCUT2D eigenvalue weighted by atomic mass is 9.96. The second-order valence-corrected chi connectivity index (χ2v) is 7.14. The molecule has 1 rings (SSSR count). The summed E-state index contributed by atoms with van der Waals surface area (Å²) in [6.07, 6.45) is 3.18. The van der Waals surface area contributed by atoms with Crippen LogP contribution in [0, 0.1) is 5.92 Å². The van der Waals surface area contributed by atoms with E-state index in [2.05, 4.69) is 28.9 Å². The van der Waals surface area contributed by atoms with Gasteiger partial charge in [0.1, 0.15) is 10.7 Å². The highest BCUT2D eigenvalue weighted by Gasteiger charge is 2.22. The SMILES string of the molecule is CCNc1ncc(S(=O)(=O)NC(C)C(CC)CC)cc1Cl. The van der Waals surface area contributed by atoms with Crippen molar-refractivity contribution in [2.75, 3.05) is 11.9 Å². The van der Waals surface area contributed by atoms with Crippen LogP contribution in [0.3, 0.4) is 0 Å². The zero-order valence-electron chi connectivity index (χ0n) is 13.0. The minimum atomic E-state index is -3.60. The fourth-order valence-corrected chi connectivity index (χ4v) is 3.85. The molecule has 0 radical (unpaired) electrons. The van der Waals surface area contributed by atoms with Crippen molar-refractivity contribution < 1.29 is 8.42 Å². The Morgan fingerprint density at radius 2 is 1.90 bits per heavy atom. The van der Waals surface area contributed by atoms with E-state index in [-0.39, 0.29) is 10.9 Å². The standard InChI is InChI=1S/C14H24ClN3O2S/c1-5-11(6-2)10(4)18-21(19,20)12-8-13(15)14(16-7-3)17-9-12/h8-11,18H,5-7H2,1-4H3,(H,16,17). The van der Waals surface area contributed by atoms with E-state index in [0.717, 1.165) is 12.8 Å². The van der Waals surface area contributed by atoms with E-state index in [9.17, 15) is 8.42 Å². The van der Waals surface area contributed by atoms with Gasteiger partial charge in [-0.3, -0.25) is 0 Å². The van der Waals surface area contributed by atoms with Gasteiger partial charge in [-0.1, -0.05) is 38.3 Å². The van der Waals surface area contributed by atoms with Gasteiger partial charge in [-0.05, 0) is 25.8 Å². The van der Waals surface area contributed by atoms with Crippen molar-refractivity contribution in [3.8, 4) is 0 Å². The fourth-order valence-electron chi connectivity index (χ4n) is 2.27. The molecule has 0 saturated carbocycles. The Labute approximate surface area is 132 Å². The molecule has 1 atom stereocenters. The van der Waals surface area contributed by atoms with E-state index in [1.807, 2.05) is 13.8 Å². The number of aromatic nitrogens is 1. The Kier molecular flexibility index (Phi) is 6.90. The van der Waals surface area contributed by atoms with Crippen LogP contribution in [0.1, 0.15) is 40.5 Å². The van der Waals surface area contributed by atoms with Gasteiger partial charge in [0.2, 0.25) is 10.0 Å². The molecule has 0 amide bonds. The molecule has 7 heteroatoms. The highest BCUT2D eigenvalue weighted by molar-refractivity contribution is 7.89. The molecule has 0 bridgehead atoms. The number of nitrogens with zero attached hydrogens (tertiary/aromatic N) is 1. The van der Waals surface area contributed by atoms with Crippen molar-refractivity contribution in [3.63, 3.8) is 0 Å². The Hall–Kier alpha value is -0.850. The van der Waals surface area contributed by atoms with Crippen molar-refractivity contribution in [2.24, 2.45) is 5.92 Å². The van der Waals surface area contributed by atoms with Gasteiger partial charge >= 0.3 is 0 Å². The first-order chi connectivity index (χ1) is 9.85. The van der Waals surface area contributed by atoms with E-state index >= 15 is 0 Å². The van der Waals surface area contributed by atoms with Crippen molar-refractivity contribution in [3.05, 3.63) is 17.3 Å². The van der Waals surface area contributed by atoms with E-state index in [1.54, 1.807) is 0 Å². The fraction of sp³-hybridized carbons (Fsp3) is 0.643. The summed E-state index contributed by atoms with van der Waals surface area (Å²) in [5.41, 5.74) is 0. The van der Waals surface area contributed by atoms with Crippen LogP contribution in [0.4, 0.5) is 5.82 Å². The normalized spacial score (nSPS) is 13.4. The Morgan fingerprint density at radius 3 is 2.38 bits per heavy atom. The zero-order chi connectivity index (χ0) is 16.0. The van der Waals surface area contributed by atoms with Gasteiger partial charge in [0, 0.05) is 18.8 Å². The molecule has 21 heavy (non-hydrogen) atoms. The summed E-state index contributed by atoms with van der Waals surface area (Å²) in [6.45, 7) is 8.59. The summed E-state index contributed by atoms with van der Waals surface area (Å²) in [6, 6.07) is 1.30. The molecule has 1 heterocycles. The lowest BCUT2D eigenvalue weighted by Gasteiger charge is -2.22. The predicted octanol–water partition coefficient (Wildman–Crippen LogP) is 3.27. The lowest BCUT2D eigenvalue weighted by molar-refractivity contribution is 0.390. The van der Waals surface area contributed by atoms with E-state index in [4.69, 9.17) is 11.6 Å². The van der Waals surface area contributed by atoms with Gasteiger partial charge in [-0.25, -0.2) is 18.1 Å². The van der Waals surface area contributed by atoms with Crippen molar-refractivity contribution in [1.82, 2.24) is 9.71 Å². The van der Waals surface area contributed by atoms with Gasteiger partial charge < -0.3 is 5.32 Å². The zero-order valence-corrected chi connectivity index (χ0v) is 14.6. The molecule has 5 nitrogen and oxygen atoms in total. The highest BCUT2D eigenvalue weighted by Crippen LogP contribution is 2.23. The van der Waals surface area contributed by atoms with Crippen LogP contribution in [0.5, 0.6) is 0 Å². The van der Waals surface area contributed by atoms with Crippen LogP contribution in [0.15, 0.2) is 17.2 Å². The van der Waals surface area contributed by atoms with Crippen molar-refractivity contribution in [1.29, 1.82) is 0 Å². The third-order valence-electron chi connectivity index (χ3n) is 3.57. The summed E-state index contributed by atoms with van der Waals surface area (Å²) >= 11 is 6.05. The summed E-state index contributed by atoms with van der Waals surface area (Å²) in [5, 5.41) is 3.27. The monoisotopic (exact) mass is 333 g/mol. The number of hydrogen-bond acceptors (Lipinski definition) is 4. The molecule has 0 aliphatic heterocycles. The smallest absolute Gasteiger partial charge is 0.242 e. The molecule has 0 aliphatic carbocycles. The molecule has 1 aromatic rings. The third-order valence-corrected chi connectivity index (χ3v) is 5.38. The molecule has 120 valence electrons. The van der Waals surface area contributed by atoms with Crippen LogP contribution in [-0.4, -0.2) is 26.0 Å². The van der Waals surface area contributed by atoms with Gasteiger partial charge in [-0.2, -0.15) is 0 Å². The van der Waals surface area contributed by atoms with E-state index in [0.29, 0.717) is 23.3 Å². The average Bonchev–Trinajstić information content (AvgIpc) is 2.42. The topological polar surface area (TPSA) is 71.1 Å². The Bertz CT molecular complexity index is 559. The largest absolute Gasteiger partial charge is 0.369 e. The van der Waals surface area contributed by atoms with Crippen LogP contribution in [0.25, 0.3) is 0 Å². The number of rotatable bonds is 8. The molecular formula is C14H24ClN3O2S. The number of halogens is 1. The van der Waals surface area contributed by atoms with Crippen LogP contribution in [0.2, 0.25) is 5.02 Å². The number of nitrogens with one attached hydrogen (secondary N) is 2. The minimum absolute atomic E-state index is 0.0898. The molecule has 2 N–H and O–H groups in total. The Balaban J connectivity index is 2.95. The molecule has 0 spiro atoms. The molecule has 1 aromatic heterocycles. The number of hydrogen-bond donors (Lipinski definition) is 2. The summed E-state index contributed by atoms with van der Waals surface area (Å²) in [7, 11) is -3.60. The molecule has 1 unspecified atom stereocenters. The van der Waals surface area contributed by atoms with Gasteiger partial charge in [-0.15, -0.1) is 0 Å². The highest BCUT2D eigenvalue weighted by atomic mass is 35.5. The summed E-state index contributed by atoms with van der Waals surface area (Å²) in [4.78, 5) is 4.15. The summed E-state index contributed by atoms with van der Waals surface area (Å²) < 4.78 is 27.4. The first kappa shape index (κ1) is 18.2. The molecule has 0 fully saturated rings. The lowest BCUT2D eigenvalue weighted by Crippen LogP contribution is -2.37. The summed E-state index contributed by atoms with van der Waals surface area (Å²) in [5.74, 6) is 0.801. The minimum Gasteiger partial charge on any atom is -0.369 e. The number of pyridine rings is 1. The quantitative estimate of drug-likeness (QED) is 0.766. The van der Waals surface area contributed by atoms with Crippen LogP contribution >= 0.6 is 11.6 Å². The average molecular weight is 334 g/mol. The number of sulfonamides is 1. The first-order valence-corrected chi connectivity index (χ1v) is 9.13. The maximum absolute atomic E-state index is 12.4. The third kappa shape index (κ3) is 4.83. The molecule has 0 saturated heterocycles. The Morgan fingerprint density at radius 1 is 1.29 bits per heavy atom. The van der Waals surface area contributed by atoms with Crippen LogP contribution < -0.4 is 10.0 Å². The van der Waals surface area contributed by atoms with Gasteiger partial charge in [0.05, 0.1) is 5.02 Å². The van der Waals surface area contributed by atoms with Crippen LogP contribution in [-0.2, 0) is 10.0 Å². The second kappa shape index (κ2) is 7.96.